The minimum atomic E-state index is -0.117. The zero-order valence-corrected chi connectivity index (χ0v) is 15.3. The van der Waals surface area contributed by atoms with Crippen molar-refractivity contribution in [3.63, 3.8) is 0 Å². The van der Waals surface area contributed by atoms with Crippen LogP contribution in [-0.4, -0.2) is 22.0 Å². The Balaban J connectivity index is 1.57. The molecule has 0 spiro atoms. The Kier molecular flexibility index (Phi) is 4.84. The summed E-state index contributed by atoms with van der Waals surface area (Å²) in [6.45, 7) is 0. The molecule has 6 heteroatoms. The Hall–Kier alpha value is -3.93. The Bertz CT molecular complexity index is 1120. The van der Waals surface area contributed by atoms with Gasteiger partial charge in [0.25, 0.3) is 0 Å². The molecule has 2 N–H and O–H groups in total. The number of anilines is 4. The molecule has 2 aromatic carbocycles. The molecule has 28 heavy (non-hydrogen) atoms. The van der Waals surface area contributed by atoms with Gasteiger partial charge in [-0.15, -0.1) is 0 Å². The first-order chi connectivity index (χ1) is 13.7. The van der Waals surface area contributed by atoms with Crippen molar-refractivity contribution < 1.29 is 0 Å². The van der Waals surface area contributed by atoms with Crippen molar-refractivity contribution in [1.29, 1.82) is 0 Å². The van der Waals surface area contributed by atoms with Gasteiger partial charge >= 0.3 is 0 Å². The SMILES string of the molecule is CN(c1ccccc1)c1cc(Nc2cccc(-c3ccc(=O)[nH]c3)c2)ncn1. The van der Waals surface area contributed by atoms with Crippen LogP contribution in [-0.2, 0) is 0 Å². The summed E-state index contributed by atoms with van der Waals surface area (Å²) in [5.74, 6) is 1.49. The molecule has 0 unspecified atom stereocenters. The Labute approximate surface area is 162 Å². The molecule has 0 saturated heterocycles. The third-order valence-electron chi connectivity index (χ3n) is 4.39. The largest absolute Gasteiger partial charge is 0.340 e. The van der Waals surface area contributed by atoms with Gasteiger partial charge in [0.15, 0.2) is 0 Å². The van der Waals surface area contributed by atoms with Crippen molar-refractivity contribution >= 4 is 23.0 Å². The molecule has 6 nitrogen and oxygen atoms in total. The predicted octanol–water partition coefficient (Wildman–Crippen LogP) is 4.34. The second kappa shape index (κ2) is 7.75. The number of nitrogens with zero attached hydrogens (tertiary/aromatic N) is 3. The molecule has 2 aromatic heterocycles. The fourth-order valence-corrected chi connectivity index (χ4v) is 2.90. The summed E-state index contributed by atoms with van der Waals surface area (Å²) in [6, 6.07) is 23.2. The number of rotatable bonds is 5. The zero-order valence-electron chi connectivity index (χ0n) is 15.3. The minimum absolute atomic E-state index is 0.117. The molecule has 0 saturated carbocycles. The Morgan fingerprint density at radius 3 is 2.54 bits per heavy atom. The number of para-hydroxylation sites is 1. The van der Waals surface area contributed by atoms with E-state index < -0.39 is 0 Å². The van der Waals surface area contributed by atoms with E-state index in [4.69, 9.17) is 0 Å². The number of benzene rings is 2. The van der Waals surface area contributed by atoms with Crippen LogP contribution in [0.2, 0.25) is 0 Å². The highest BCUT2D eigenvalue weighted by Gasteiger charge is 2.07. The fourth-order valence-electron chi connectivity index (χ4n) is 2.90. The standard InChI is InChI=1S/C22H19N5O/c1-27(19-8-3-2-4-9-19)21-13-20(24-15-25-21)26-18-7-5-6-16(12-18)17-10-11-22(28)23-14-17/h2-15H,1H3,(H,23,28)(H,24,25,26). The van der Waals surface area contributed by atoms with Crippen LogP contribution in [0.25, 0.3) is 11.1 Å². The van der Waals surface area contributed by atoms with Gasteiger partial charge in [0.2, 0.25) is 5.56 Å². The van der Waals surface area contributed by atoms with Gasteiger partial charge in [-0.3, -0.25) is 4.79 Å². The van der Waals surface area contributed by atoms with Crippen LogP contribution >= 0.6 is 0 Å². The molecule has 0 radical (unpaired) electrons. The first-order valence-electron chi connectivity index (χ1n) is 8.86. The van der Waals surface area contributed by atoms with E-state index in [1.54, 1.807) is 18.6 Å². The van der Waals surface area contributed by atoms with Crippen LogP contribution in [0.1, 0.15) is 0 Å². The topological polar surface area (TPSA) is 73.9 Å². The lowest BCUT2D eigenvalue weighted by Gasteiger charge is -2.18. The van der Waals surface area contributed by atoms with Gasteiger partial charge in [-0.05, 0) is 41.5 Å². The molecule has 0 aliphatic rings. The molecule has 0 aliphatic carbocycles. The molecular weight excluding hydrogens is 350 g/mol. The normalized spacial score (nSPS) is 10.5. The molecule has 4 rings (SSSR count). The van der Waals surface area contributed by atoms with Gasteiger partial charge in [0.1, 0.15) is 18.0 Å². The molecular formula is C22H19N5O. The average molecular weight is 369 g/mol. The molecule has 0 bridgehead atoms. The van der Waals surface area contributed by atoms with Crippen molar-refractivity contribution in [2.24, 2.45) is 0 Å². The summed E-state index contributed by atoms with van der Waals surface area (Å²) in [4.78, 5) is 24.7. The number of aromatic nitrogens is 3. The summed E-state index contributed by atoms with van der Waals surface area (Å²) in [7, 11) is 1.97. The van der Waals surface area contributed by atoms with Crippen molar-refractivity contribution in [1.82, 2.24) is 15.0 Å². The second-order valence-electron chi connectivity index (χ2n) is 6.30. The maximum atomic E-state index is 11.3. The number of hydrogen-bond acceptors (Lipinski definition) is 5. The van der Waals surface area contributed by atoms with Gasteiger partial charge in [-0.25, -0.2) is 9.97 Å². The third kappa shape index (κ3) is 3.91. The highest BCUT2D eigenvalue weighted by atomic mass is 16.1. The number of H-pyrrole nitrogens is 1. The summed E-state index contributed by atoms with van der Waals surface area (Å²) in [5, 5.41) is 3.32. The molecule has 0 aliphatic heterocycles. The van der Waals surface area contributed by atoms with E-state index in [1.807, 2.05) is 72.6 Å². The van der Waals surface area contributed by atoms with Crippen LogP contribution < -0.4 is 15.8 Å². The first kappa shape index (κ1) is 17.5. The Morgan fingerprint density at radius 1 is 0.893 bits per heavy atom. The molecule has 138 valence electrons. The van der Waals surface area contributed by atoms with Gasteiger partial charge in [0, 0.05) is 36.8 Å². The summed E-state index contributed by atoms with van der Waals surface area (Å²) >= 11 is 0. The van der Waals surface area contributed by atoms with E-state index in [9.17, 15) is 4.79 Å². The number of pyridine rings is 1. The van der Waals surface area contributed by atoms with Gasteiger partial charge in [-0.1, -0.05) is 30.3 Å². The van der Waals surface area contributed by atoms with Crippen LogP contribution in [0.15, 0.2) is 90.1 Å². The van der Waals surface area contributed by atoms with Crippen molar-refractivity contribution in [2.45, 2.75) is 0 Å². The van der Waals surface area contributed by atoms with E-state index in [0.29, 0.717) is 5.82 Å². The number of nitrogens with one attached hydrogen (secondary N) is 2. The molecule has 0 fully saturated rings. The van der Waals surface area contributed by atoms with Crippen molar-refractivity contribution in [3.05, 3.63) is 95.7 Å². The van der Waals surface area contributed by atoms with Crippen LogP contribution in [0.3, 0.4) is 0 Å². The van der Waals surface area contributed by atoms with E-state index >= 15 is 0 Å². The number of aromatic amines is 1. The van der Waals surface area contributed by atoms with E-state index in [2.05, 4.69) is 20.3 Å². The molecule has 4 aromatic rings. The number of hydrogen-bond donors (Lipinski definition) is 2. The highest BCUT2D eigenvalue weighted by molar-refractivity contribution is 5.70. The van der Waals surface area contributed by atoms with E-state index in [0.717, 1.165) is 28.3 Å². The smallest absolute Gasteiger partial charge is 0.247 e. The van der Waals surface area contributed by atoms with Gasteiger partial charge in [-0.2, -0.15) is 0 Å². The third-order valence-corrected chi connectivity index (χ3v) is 4.39. The first-order valence-corrected chi connectivity index (χ1v) is 8.86. The zero-order chi connectivity index (χ0) is 19.3. The van der Waals surface area contributed by atoms with Crippen molar-refractivity contribution in [2.75, 3.05) is 17.3 Å². The highest BCUT2D eigenvalue weighted by Crippen LogP contribution is 2.26. The lowest BCUT2D eigenvalue weighted by atomic mass is 10.1. The quantitative estimate of drug-likeness (QED) is 0.547. The fraction of sp³-hybridized carbons (Fsp3) is 0.0455. The summed E-state index contributed by atoms with van der Waals surface area (Å²) in [5.41, 5.74) is 3.77. The van der Waals surface area contributed by atoms with Crippen LogP contribution in [0.5, 0.6) is 0 Å². The Morgan fingerprint density at radius 2 is 1.75 bits per heavy atom. The minimum Gasteiger partial charge on any atom is -0.340 e. The van der Waals surface area contributed by atoms with Crippen LogP contribution in [0.4, 0.5) is 23.0 Å². The second-order valence-corrected chi connectivity index (χ2v) is 6.30. The maximum Gasteiger partial charge on any atom is 0.247 e. The van der Waals surface area contributed by atoms with Gasteiger partial charge < -0.3 is 15.2 Å². The van der Waals surface area contributed by atoms with Crippen molar-refractivity contribution in [3.8, 4) is 11.1 Å². The predicted molar refractivity (Wildman–Crippen MR) is 112 cm³/mol. The monoisotopic (exact) mass is 369 g/mol. The van der Waals surface area contributed by atoms with Gasteiger partial charge in [0.05, 0.1) is 0 Å². The maximum absolute atomic E-state index is 11.3. The molecule has 0 amide bonds. The molecule has 2 heterocycles. The lowest BCUT2D eigenvalue weighted by molar-refractivity contribution is 1.08. The molecule has 0 atom stereocenters. The van der Waals surface area contributed by atoms with Crippen LogP contribution in [0, 0.1) is 0 Å². The average Bonchev–Trinajstić information content (AvgIpc) is 2.75. The summed E-state index contributed by atoms with van der Waals surface area (Å²) in [6.07, 6.45) is 3.25. The summed E-state index contributed by atoms with van der Waals surface area (Å²) < 4.78 is 0. The lowest BCUT2D eigenvalue weighted by Crippen LogP contribution is -2.11. The van der Waals surface area contributed by atoms with E-state index in [1.165, 1.54) is 6.07 Å². The van der Waals surface area contributed by atoms with E-state index in [-0.39, 0.29) is 5.56 Å².